The Morgan fingerprint density at radius 1 is 1.21 bits per heavy atom. The van der Waals surface area contributed by atoms with Crippen LogP contribution in [-0.4, -0.2) is 36.5 Å². The van der Waals surface area contributed by atoms with E-state index in [2.05, 4.69) is 25.8 Å². The molecule has 3 heterocycles. The number of imidazole rings is 1. The number of aromatic nitrogens is 5. The van der Waals surface area contributed by atoms with Gasteiger partial charge < -0.3 is 10.6 Å². The summed E-state index contributed by atoms with van der Waals surface area (Å²) in [7, 11) is 0. The van der Waals surface area contributed by atoms with E-state index in [-0.39, 0.29) is 11.9 Å². The van der Waals surface area contributed by atoms with Crippen LogP contribution in [0.3, 0.4) is 0 Å². The van der Waals surface area contributed by atoms with E-state index in [1.165, 1.54) is 0 Å². The van der Waals surface area contributed by atoms with Crippen molar-refractivity contribution in [2.24, 2.45) is 0 Å². The van der Waals surface area contributed by atoms with Crippen LogP contribution in [0.1, 0.15) is 29.9 Å². The molecule has 4 rings (SSSR count). The lowest BCUT2D eigenvalue weighted by Gasteiger charge is -2.11. The number of hydrogen-bond acceptors (Lipinski definition) is 5. The maximum absolute atomic E-state index is 12.3. The minimum absolute atomic E-state index is 0.0728. The molecule has 0 unspecified atom stereocenters. The molecule has 0 spiro atoms. The maximum Gasteiger partial charge on any atom is 0.251 e. The van der Waals surface area contributed by atoms with Crippen molar-refractivity contribution in [3.63, 3.8) is 0 Å². The molecule has 1 aromatic carbocycles. The standard InChI is InChI=1S/C20H21N7O/c1-12(2)22-19(28)15-6-4-5-14(10-15)16-11-18-21-7-8-27(18)20(23-16)24-17-9-13(3)25-26-17/h4-12H,1-3H3,(H,22,28)(H2,23,24,25,26). The summed E-state index contributed by atoms with van der Waals surface area (Å²) in [6, 6.07) is 11.3. The number of rotatable bonds is 5. The van der Waals surface area contributed by atoms with E-state index in [0.29, 0.717) is 23.0 Å². The number of aromatic amines is 1. The van der Waals surface area contributed by atoms with Gasteiger partial charge in [0.25, 0.3) is 5.91 Å². The number of nitrogens with zero attached hydrogens (tertiary/aromatic N) is 4. The van der Waals surface area contributed by atoms with Crippen LogP contribution in [0.25, 0.3) is 16.9 Å². The first-order valence-electron chi connectivity index (χ1n) is 9.04. The van der Waals surface area contributed by atoms with Gasteiger partial charge in [-0.3, -0.25) is 14.3 Å². The number of benzene rings is 1. The fraction of sp³-hybridized carbons (Fsp3) is 0.200. The monoisotopic (exact) mass is 375 g/mol. The third kappa shape index (κ3) is 3.57. The minimum atomic E-state index is -0.107. The summed E-state index contributed by atoms with van der Waals surface area (Å²) < 4.78 is 1.85. The van der Waals surface area contributed by atoms with Crippen molar-refractivity contribution < 1.29 is 4.79 Å². The zero-order chi connectivity index (χ0) is 19.7. The van der Waals surface area contributed by atoms with Gasteiger partial charge in [0.05, 0.1) is 5.69 Å². The van der Waals surface area contributed by atoms with Crippen LogP contribution < -0.4 is 10.6 Å². The van der Waals surface area contributed by atoms with Gasteiger partial charge in [-0.25, -0.2) is 9.97 Å². The summed E-state index contributed by atoms with van der Waals surface area (Å²) in [5, 5.41) is 13.2. The highest BCUT2D eigenvalue weighted by Crippen LogP contribution is 2.24. The molecule has 0 saturated heterocycles. The van der Waals surface area contributed by atoms with Gasteiger partial charge in [0.15, 0.2) is 5.82 Å². The minimum Gasteiger partial charge on any atom is -0.350 e. The van der Waals surface area contributed by atoms with Crippen molar-refractivity contribution in [2.45, 2.75) is 26.8 Å². The summed E-state index contributed by atoms with van der Waals surface area (Å²) in [5.74, 6) is 1.15. The Labute approximate surface area is 162 Å². The van der Waals surface area contributed by atoms with Gasteiger partial charge in [-0.15, -0.1) is 0 Å². The summed E-state index contributed by atoms with van der Waals surface area (Å²) in [5.41, 5.74) is 3.84. The molecule has 0 saturated carbocycles. The van der Waals surface area contributed by atoms with E-state index < -0.39 is 0 Å². The van der Waals surface area contributed by atoms with E-state index in [0.717, 1.165) is 16.9 Å². The summed E-state index contributed by atoms with van der Waals surface area (Å²) >= 11 is 0. The molecule has 8 nitrogen and oxygen atoms in total. The Kier molecular flexibility index (Phi) is 4.52. The summed E-state index contributed by atoms with van der Waals surface area (Å²) in [4.78, 5) is 21.5. The van der Waals surface area contributed by atoms with Gasteiger partial charge in [-0.1, -0.05) is 12.1 Å². The van der Waals surface area contributed by atoms with Crippen molar-refractivity contribution in [3.8, 4) is 11.3 Å². The molecule has 0 aliphatic carbocycles. The molecule has 3 N–H and O–H groups in total. The average molecular weight is 375 g/mol. The number of H-pyrrole nitrogens is 1. The highest BCUT2D eigenvalue weighted by molar-refractivity contribution is 5.95. The number of anilines is 2. The van der Waals surface area contributed by atoms with Gasteiger partial charge in [0.2, 0.25) is 5.95 Å². The van der Waals surface area contributed by atoms with Crippen molar-refractivity contribution in [1.82, 2.24) is 29.9 Å². The number of carbonyl (C=O) groups excluding carboxylic acids is 1. The van der Waals surface area contributed by atoms with Gasteiger partial charge in [-0.2, -0.15) is 5.10 Å². The lowest BCUT2D eigenvalue weighted by atomic mass is 10.1. The molecule has 28 heavy (non-hydrogen) atoms. The second-order valence-electron chi connectivity index (χ2n) is 6.89. The Hall–Kier alpha value is -3.68. The molecule has 0 aliphatic heterocycles. The Balaban J connectivity index is 1.74. The molecule has 4 aromatic rings. The van der Waals surface area contributed by atoms with Crippen LogP contribution in [0.2, 0.25) is 0 Å². The van der Waals surface area contributed by atoms with Crippen LogP contribution in [0, 0.1) is 6.92 Å². The molecular weight excluding hydrogens is 354 g/mol. The molecule has 0 atom stereocenters. The van der Waals surface area contributed by atoms with Crippen LogP contribution in [0.4, 0.5) is 11.8 Å². The first kappa shape index (κ1) is 17.7. The fourth-order valence-electron chi connectivity index (χ4n) is 2.92. The molecule has 142 valence electrons. The molecule has 8 heteroatoms. The number of hydrogen-bond donors (Lipinski definition) is 3. The van der Waals surface area contributed by atoms with E-state index >= 15 is 0 Å². The third-order valence-electron chi connectivity index (χ3n) is 4.18. The maximum atomic E-state index is 12.3. The summed E-state index contributed by atoms with van der Waals surface area (Å²) in [6.45, 7) is 5.80. The molecule has 0 bridgehead atoms. The predicted molar refractivity (Wildman–Crippen MR) is 108 cm³/mol. The topological polar surface area (TPSA) is 100 Å². The van der Waals surface area contributed by atoms with Crippen molar-refractivity contribution in [1.29, 1.82) is 0 Å². The molecule has 0 aliphatic rings. The number of fused-ring (bicyclic) bond motifs is 1. The van der Waals surface area contributed by atoms with Crippen molar-refractivity contribution in [3.05, 3.63) is 60.0 Å². The Bertz CT molecular complexity index is 1140. The van der Waals surface area contributed by atoms with Crippen molar-refractivity contribution >= 4 is 23.3 Å². The normalized spacial score (nSPS) is 11.1. The van der Waals surface area contributed by atoms with E-state index in [9.17, 15) is 4.79 Å². The van der Waals surface area contributed by atoms with Gasteiger partial charge in [-0.05, 0) is 32.9 Å². The van der Waals surface area contributed by atoms with Crippen LogP contribution in [-0.2, 0) is 0 Å². The second kappa shape index (κ2) is 7.15. The first-order valence-corrected chi connectivity index (χ1v) is 9.04. The first-order chi connectivity index (χ1) is 13.5. The predicted octanol–water partition coefficient (Wildman–Crippen LogP) is 3.31. The zero-order valence-electron chi connectivity index (χ0n) is 15.9. The molecule has 0 radical (unpaired) electrons. The number of nitrogens with one attached hydrogen (secondary N) is 3. The Morgan fingerprint density at radius 3 is 2.82 bits per heavy atom. The van der Waals surface area contributed by atoms with Gasteiger partial charge in [0.1, 0.15) is 5.65 Å². The van der Waals surface area contributed by atoms with Gasteiger partial charge >= 0.3 is 0 Å². The number of amides is 1. The lowest BCUT2D eigenvalue weighted by molar-refractivity contribution is 0.0943. The van der Waals surface area contributed by atoms with E-state index in [1.54, 1.807) is 12.3 Å². The van der Waals surface area contributed by atoms with E-state index in [1.807, 2.05) is 61.7 Å². The number of carbonyl (C=O) groups is 1. The quantitative estimate of drug-likeness (QED) is 0.497. The molecule has 1 amide bonds. The third-order valence-corrected chi connectivity index (χ3v) is 4.18. The second-order valence-corrected chi connectivity index (χ2v) is 6.89. The highest BCUT2D eigenvalue weighted by Gasteiger charge is 2.12. The van der Waals surface area contributed by atoms with Crippen LogP contribution in [0.15, 0.2) is 48.8 Å². The van der Waals surface area contributed by atoms with Crippen LogP contribution in [0.5, 0.6) is 0 Å². The van der Waals surface area contributed by atoms with Gasteiger partial charge in [0, 0.05) is 47.4 Å². The molecular formula is C20H21N7O. The smallest absolute Gasteiger partial charge is 0.251 e. The zero-order valence-corrected chi connectivity index (χ0v) is 15.9. The van der Waals surface area contributed by atoms with E-state index in [4.69, 9.17) is 4.98 Å². The lowest BCUT2D eigenvalue weighted by Crippen LogP contribution is -2.30. The van der Waals surface area contributed by atoms with Crippen molar-refractivity contribution in [2.75, 3.05) is 5.32 Å². The van der Waals surface area contributed by atoms with Crippen LogP contribution >= 0.6 is 0 Å². The fourth-order valence-corrected chi connectivity index (χ4v) is 2.92. The largest absolute Gasteiger partial charge is 0.350 e. The SMILES string of the molecule is Cc1cc(Nc2nc(-c3cccc(C(=O)NC(C)C)c3)cc3nccn23)n[nH]1. The average Bonchev–Trinajstić information content (AvgIpc) is 3.30. The highest BCUT2D eigenvalue weighted by atomic mass is 16.1. The Morgan fingerprint density at radius 2 is 2.07 bits per heavy atom. The molecule has 0 fully saturated rings. The molecule has 3 aromatic heterocycles. The number of aryl methyl sites for hydroxylation is 1. The summed E-state index contributed by atoms with van der Waals surface area (Å²) in [6.07, 6.45) is 3.55.